The molecule has 1 fully saturated rings. The predicted octanol–water partition coefficient (Wildman–Crippen LogP) is 2.38. The molecule has 0 aromatic carbocycles. The van der Waals surface area contributed by atoms with Crippen LogP contribution < -0.4 is 0 Å². The van der Waals surface area contributed by atoms with Crippen molar-refractivity contribution in [1.29, 1.82) is 0 Å². The van der Waals surface area contributed by atoms with Gasteiger partial charge in [0.25, 0.3) is 0 Å². The van der Waals surface area contributed by atoms with Crippen LogP contribution in [0.2, 0.25) is 0 Å². The Hall–Kier alpha value is 0.690. The molecule has 1 unspecified atom stereocenters. The zero-order chi connectivity index (χ0) is 6.74. The standard InChI is InChI=1S/C7H13IO/c1-2-7(6-8)4-3-5-9-7/h2-6H2,1H3. The van der Waals surface area contributed by atoms with Gasteiger partial charge < -0.3 is 4.74 Å². The molecule has 1 atom stereocenters. The molecule has 0 aliphatic carbocycles. The fourth-order valence-corrected chi connectivity index (χ4v) is 2.37. The van der Waals surface area contributed by atoms with Crippen LogP contribution in [0, 0.1) is 0 Å². The van der Waals surface area contributed by atoms with Crippen LogP contribution in [0.25, 0.3) is 0 Å². The van der Waals surface area contributed by atoms with Crippen molar-refractivity contribution in [2.75, 3.05) is 11.0 Å². The Labute approximate surface area is 70.3 Å². The molecule has 1 heterocycles. The first kappa shape index (κ1) is 7.79. The third-order valence-electron chi connectivity index (χ3n) is 2.07. The normalized spacial score (nSPS) is 35.3. The van der Waals surface area contributed by atoms with E-state index in [1.165, 1.54) is 19.3 Å². The summed E-state index contributed by atoms with van der Waals surface area (Å²) in [6, 6.07) is 0. The maximum atomic E-state index is 5.63. The molecule has 1 aliphatic rings. The molecule has 0 N–H and O–H groups in total. The Morgan fingerprint density at radius 2 is 2.44 bits per heavy atom. The second kappa shape index (κ2) is 3.19. The van der Waals surface area contributed by atoms with E-state index in [9.17, 15) is 0 Å². The summed E-state index contributed by atoms with van der Waals surface area (Å²) in [5.41, 5.74) is 0.264. The maximum Gasteiger partial charge on any atom is 0.0769 e. The summed E-state index contributed by atoms with van der Waals surface area (Å²) in [6.45, 7) is 3.20. The van der Waals surface area contributed by atoms with Crippen molar-refractivity contribution < 1.29 is 4.74 Å². The van der Waals surface area contributed by atoms with Gasteiger partial charge in [0, 0.05) is 11.0 Å². The third-order valence-corrected chi connectivity index (χ3v) is 3.46. The molecule has 0 bridgehead atoms. The number of hydrogen-bond donors (Lipinski definition) is 0. The zero-order valence-electron chi connectivity index (χ0n) is 5.82. The molecule has 9 heavy (non-hydrogen) atoms. The number of alkyl halides is 1. The van der Waals surface area contributed by atoms with Crippen molar-refractivity contribution in [3.8, 4) is 0 Å². The van der Waals surface area contributed by atoms with Crippen molar-refractivity contribution in [3.05, 3.63) is 0 Å². The van der Waals surface area contributed by atoms with Gasteiger partial charge in [0.1, 0.15) is 0 Å². The van der Waals surface area contributed by atoms with Gasteiger partial charge in [-0.05, 0) is 19.3 Å². The first-order chi connectivity index (χ1) is 4.33. The number of rotatable bonds is 2. The van der Waals surface area contributed by atoms with Gasteiger partial charge in [-0.25, -0.2) is 0 Å². The fourth-order valence-electron chi connectivity index (χ4n) is 1.23. The van der Waals surface area contributed by atoms with Crippen molar-refractivity contribution >= 4 is 22.6 Å². The van der Waals surface area contributed by atoms with Crippen LogP contribution in [0.4, 0.5) is 0 Å². The summed E-state index contributed by atoms with van der Waals surface area (Å²) < 4.78 is 6.79. The highest BCUT2D eigenvalue weighted by Crippen LogP contribution is 2.30. The molecular weight excluding hydrogens is 227 g/mol. The van der Waals surface area contributed by atoms with Crippen LogP contribution in [-0.2, 0) is 4.74 Å². The van der Waals surface area contributed by atoms with Gasteiger partial charge in [-0.2, -0.15) is 0 Å². The summed E-state index contributed by atoms with van der Waals surface area (Å²) in [4.78, 5) is 0. The highest BCUT2D eigenvalue weighted by molar-refractivity contribution is 14.1. The summed E-state index contributed by atoms with van der Waals surface area (Å²) in [6.07, 6.45) is 3.71. The SMILES string of the molecule is CCC1(CI)CCCO1. The largest absolute Gasteiger partial charge is 0.374 e. The lowest BCUT2D eigenvalue weighted by Crippen LogP contribution is -2.28. The average Bonchev–Trinajstić information content (AvgIpc) is 2.36. The Bertz CT molecular complexity index is 80.9. The molecule has 0 spiro atoms. The van der Waals surface area contributed by atoms with Crippen molar-refractivity contribution in [2.45, 2.75) is 31.8 Å². The Balaban J connectivity index is 2.45. The zero-order valence-corrected chi connectivity index (χ0v) is 7.98. The second-order valence-electron chi connectivity index (χ2n) is 2.62. The van der Waals surface area contributed by atoms with Crippen molar-refractivity contribution in [2.24, 2.45) is 0 Å². The van der Waals surface area contributed by atoms with E-state index in [2.05, 4.69) is 29.5 Å². The maximum absolute atomic E-state index is 5.63. The molecule has 1 aliphatic heterocycles. The number of hydrogen-bond acceptors (Lipinski definition) is 1. The lowest BCUT2D eigenvalue weighted by molar-refractivity contribution is 0.0240. The van der Waals surface area contributed by atoms with Gasteiger partial charge >= 0.3 is 0 Å². The molecule has 1 saturated heterocycles. The molecular formula is C7H13IO. The summed E-state index contributed by atoms with van der Waals surface area (Å²) in [5, 5.41) is 0. The molecule has 0 saturated carbocycles. The predicted molar refractivity (Wildman–Crippen MR) is 47.1 cm³/mol. The van der Waals surface area contributed by atoms with Crippen LogP contribution in [0.5, 0.6) is 0 Å². The third kappa shape index (κ3) is 1.58. The van der Waals surface area contributed by atoms with Crippen LogP contribution in [0.3, 0.4) is 0 Å². The van der Waals surface area contributed by atoms with E-state index in [0.717, 1.165) is 11.0 Å². The minimum Gasteiger partial charge on any atom is -0.374 e. The van der Waals surface area contributed by atoms with Gasteiger partial charge in [-0.1, -0.05) is 29.5 Å². The van der Waals surface area contributed by atoms with Crippen molar-refractivity contribution in [1.82, 2.24) is 0 Å². The highest BCUT2D eigenvalue weighted by atomic mass is 127. The quantitative estimate of drug-likeness (QED) is 0.532. The highest BCUT2D eigenvalue weighted by Gasteiger charge is 2.31. The monoisotopic (exact) mass is 240 g/mol. The first-order valence-electron chi connectivity index (χ1n) is 3.53. The van der Waals surface area contributed by atoms with Gasteiger partial charge in [0.05, 0.1) is 5.60 Å². The Morgan fingerprint density at radius 1 is 1.67 bits per heavy atom. The molecule has 1 nitrogen and oxygen atoms in total. The molecule has 0 aromatic rings. The van der Waals surface area contributed by atoms with Crippen LogP contribution in [0.1, 0.15) is 26.2 Å². The van der Waals surface area contributed by atoms with E-state index in [4.69, 9.17) is 4.74 Å². The van der Waals surface area contributed by atoms with Gasteiger partial charge in [0.2, 0.25) is 0 Å². The van der Waals surface area contributed by atoms with E-state index in [0.29, 0.717) is 0 Å². The smallest absolute Gasteiger partial charge is 0.0769 e. The molecule has 2 heteroatoms. The van der Waals surface area contributed by atoms with Crippen LogP contribution >= 0.6 is 22.6 Å². The molecule has 54 valence electrons. The molecule has 0 amide bonds. The van der Waals surface area contributed by atoms with E-state index in [1.807, 2.05) is 0 Å². The van der Waals surface area contributed by atoms with E-state index in [1.54, 1.807) is 0 Å². The summed E-state index contributed by atoms with van der Waals surface area (Å²) in [7, 11) is 0. The number of halogens is 1. The summed E-state index contributed by atoms with van der Waals surface area (Å²) >= 11 is 2.42. The molecule has 0 aromatic heterocycles. The van der Waals surface area contributed by atoms with Gasteiger partial charge in [-0.15, -0.1) is 0 Å². The van der Waals surface area contributed by atoms with Crippen LogP contribution in [0.15, 0.2) is 0 Å². The lowest BCUT2D eigenvalue weighted by Gasteiger charge is -2.23. The molecule has 1 rings (SSSR count). The number of ether oxygens (including phenoxy) is 1. The van der Waals surface area contributed by atoms with Crippen LogP contribution in [-0.4, -0.2) is 16.6 Å². The Kier molecular flexibility index (Phi) is 2.76. The van der Waals surface area contributed by atoms with E-state index >= 15 is 0 Å². The second-order valence-corrected chi connectivity index (χ2v) is 3.39. The minimum atomic E-state index is 0.264. The van der Waals surface area contributed by atoms with Gasteiger partial charge in [-0.3, -0.25) is 0 Å². The minimum absolute atomic E-state index is 0.264. The topological polar surface area (TPSA) is 9.23 Å². The van der Waals surface area contributed by atoms with E-state index in [-0.39, 0.29) is 5.60 Å². The fraction of sp³-hybridized carbons (Fsp3) is 1.00. The Morgan fingerprint density at radius 3 is 2.67 bits per heavy atom. The first-order valence-corrected chi connectivity index (χ1v) is 5.05. The van der Waals surface area contributed by atoms with Crippen molar-refractivity contribution in [3.63, 3.8) is 0 Å². The lowest BCUT2D eigenvalue weighted by atomic mass is 10.0. The van der Waals surface area contributed by atoms with Gasteiger partial charge in [0.15, 0.2) is 0 Å². The average molecular weight is 240 g/mol. The summed E-state index contributed by atoms with van der Waals surface area (Å²) in [5.74, 6) is 0. The molecule has 0 radical (unpaired) electrons. The van der Waals surface area contributed by atoms with E-state index < -0.39 is 0 Å².